The first kappa shape index (κ1) is 19.0. The molecule has 2 aromatic rings. The Hall–Kier alpha value is -2.73. The molecule has 1 aliphatic rings. The van der Waals surface area contributed by atoms with E-state index in [4.69, 9.17) is 10.5 Å². The smallest absolute Gasteiger partial charge is 0.254 e. The number of methoxy groups -OCH3 is 1. The average molecular weight is 368 g/mol. The van der Waals surface area contributed by atoms with Gasteiger partial charge in [0.1, 0.15) is 11.3 Å². The quantitative estimate of drug-likeness (QED) is 0.700. The molecular formula is C21H28N4O2. The summed E-state index contributed by atoms with van der Waals surface area (Å²) in [5, 5.41) is 3.33. The van der Waals surface area contributed by atoms with E-state index < -0.39 is 5.91 Å². The molecule has 3 N–H and O–H groups in total. The highest BCUT2D eigenvalue weighted by atomic mass is 16.5. The molecule has 1 heterocycles. The Balaban J connectivity index is 1.43. The zero-order chi connectivity index (χ0) is 19.1. The molecule has 0 aliphatic carbocycles. The molecule has 0 saturated carbocycles. The lowest BCUT2D eigenvalue weighted by Crippen LogP contribution is -2.46. The fraction of sp³-hybridized carbons (Fsp3) is 0.381. The van der Waals surface area contributed by atoms with Crippen LogP contribution in [0.5, 0.6) is 5.75 Å². The molecule has 0 unspecified atom stereocenters. The average Bonchev–Trinajstić information content (AvgIpc) is 2.72. The number of nitrogens with zero attached hydrogens (tertiary/aromatic N) is 2. The minimum atomic E-state index is -0.480. The van der Waals surface area contributed by atoms with Crippen molar-refractivity contribution in [2.24, 2.45) is 5.73 Å². The lowest BCUT2D eigenvalue weighted by Gasteiger charge is -2.36. The van der Waals surface area contributed by atoms with E-state index >= 15 is 0 Å². The SMILES string of the molecule is COc1cccc(NCCCN2CCN(c3ccccc3)CC2)c1C(N)=O. The summed E-state index contributed by atoms with van der Waals surface area (Å²) in [6.07, 6.45) is 1.00. The number of nitrogens with one attached hydrogen (secondary N) is 1. The number of hydrogen-bond acceptors (Lipinski definition) is 5. The molecule has 6 heteroatoms. The first-order valence-electron chi connectivity index (χ1n) is 9.42. The van der Waals surface area contributed by atoms with Crippen LogP contribution < -0.4 is 20.7 Å². The summed E-state index contributed by atoms with van der Waals surface area (Å²) < 4.78 is 5.24. The van der Waals surface area contributed by atoms with Gasteiger partial charge in [-0.05, 0) is 37.2 Å². The van der Waals surface area contributed by atoms with Crippen LogP contribution in [0.2, 0.25) is 0 Å². The molecule has 3 rings (SSSR count). The third-order valence-corrected chi connectivity index (χ3v) is 4.95. The maximum Gasteiger partial charge on any atom is 0.254 e. The van der Waals surface area contributed by atoms with Crippen LogP contribution in [0.4, 0.5) is 11.4 Å². The molecule has 6 nitrogen and oxygen atoms in total. The molecular weight excluding hydrogens is 340 g/mol. The summed E-state index contributed by atoms with van der Waals surface area (Å²) in [6.45, 7) is 6.07. The number of primary amides is 1. The number of nitrogens with two attached hydrogens (primary N) is 1. The zero-order valence-electron chi connectivity index (χ0n) is 15.9. The van der Waals surface area contributed by atoms with Gasteiger partial charge in [0.25, 0.3) is 5.91 Å². The van der Waals surface area contributed by atoms with Crippen LogP contribution in [0.15, 0.2) is 48.5 Å². The van der Waals surface area contributed by atoms with E-state index in [1.165, 1.54) is 5.69 Å². The largest absolute Gasteiger partial charge is 0.496 e. The van der Waals surface area contributed by atoms with Crippen LogP contribution in [-0.2, 0) is 0 Å². The number of carbonyl (C=O) groups is 1. The Morgan fingerprint density at radius 2 is 1.81 bits per heavy atom. The fourth-order valence-corrected chi connectivity index (χ4v) is 3.50. The lowest BCUT2D eigenvalue weighted by atomic mass is 10.1. The molecule has 1 amide bonds. The third kappa shape index (κ3) is 4.92. The van der Waals surface area contributed by atoms with Crippen molar-refractivity contribution in [3.63, 3.8) is 0 Å². The van der Waals surface area contributed by atoms with E-state index in [9.17, 15) is 4.79 Å². The van der Waals surface area contributed by atoms with Gasteiger partial charge in [-0.15, -0.1) is 0 Å². The molecule has 0 atom stereocenters. The number of rotatable bonds is 8. The number of para-hydroxylation sites is 1. The van der Waals surface area contributed by atoms with Gasteiger partial charge in [-0.1, -0.05) is 24.3 Å². The van der Waals surface area contributed by atoms with Gasteiger partial charge in [-0.2, -0.15) is 0 Å². The second-order valence-corrected chi connectivity index (χ2v) is 6.69. The van der Waals surface area contributed by atoms with Gasteiger partial charge < -0.3 is 20.7 Å². The minimum absolute atomic E-state index is 0.413. The third-order valence-electron chi connectivity index (χ3n) is 4.95. The van der Waals surface area contributed by atoms with Crippen LogP contribution in [0.25, 0.3) is 0 Å². The lowest BCUT2D eigenvalue weighted by molar-refractivity contribution is 0.0998. The van der Waals surface area contributed by atoms with Crippen LogP contribution in [0, 0.1) is 0 Å². The summed E-state index contributed by atoms with van der Waals surface area (Å²) in [5.41, 5.74) is 7.95. The van der Waals surface area contributed by atoms with E-state index in [2.05, 4.69) is 45.4 Å². The Kier molecular flexibility index (Phi) is 6.54. The number of ether oxygens (including phenoxy) is 1. The van der Waals surface area contributed by atoms with E-state index in [0.717, 1.165) is 51.4 Å². The normalized spacial score (nSPS) is 14.8. The van der Waals surface area contributed by atoms with Gasteiger partial charge in [-0.3, -0.25) is 9.69 Å². The molecule has 1 aliphatic heterocycles. The Labute approximate surface area is 160 Å². The van der Waals surface area contributed by atoms with Crippen molar-refractivity contribution in [1.29, 1.82) is 0 Å². The molecule has 1 saturated heterocycles. The van der Waals surface area contributed by atoms with Crippen molar-refractivity contribution in [3.8, 4) is 5.75 Å². The van der Waals surface area contributed by atoms with Crippen LogP contribution >= 0.6 is 0 Å². The highest BCUT2D eigenvalue weighted by molar-refractivity contribution is 6.01. The number of carbonyl (C=O) groups excluding carboxylic acids is 1. The summed E-state index contributed by atoms with van der Waals surface area (Å²) in [7, 11) is 1.54. The molecule has 0 aromatic heterocycles. The first-order chi connectivity index (χ1) is 13.2. The summed E-state index contributed by atoms with van der Waals surface area (Å²) >= 11 is 0. The van der Waals surface area contributed by atoms with Gasteiger partial charge in [-0.25, -0.2) is 0 Å². The van der Waals surface area contributed by atoms with E-state index in [-0.39, 0.29) is 0 Å². The minimum Gasteiger partial charge on any atom is -0.496 e. The number of piperazine rings is 1. The van der Waals surface area contributed by atoms with Crippen LogP contribution in [-0.4, -0.2) is 57.2 Å². The van der Waals surface area contributed by atoms with Crippen molar-refractivity contribution in [2.75, 3.05) is 56.6 Å². The molecule has 27 heavy (non-hydrogen) atoms. The monoisotopic (exact) mass is 368 g/mol. The van der Waals surface area contributed by atoms with Crippen LogP contribution in [0.3, 0.4) is 0 Å². The maximum absolute atomic E-state index is 11.7. The molecule has 2 aromatic carbocycles. The predicted molar refractivity (Wildman–Crippen MR) is 110 cm³/mol. The highest BCUT2D eigenvalue weighted by Gasteiger charge is 2.17. The summed E-state index contributed by atoms with van der Waals surface area (Å²) in [5.74, 6) is 0.0246. The standard InChI is InChI=1S/C21H28N4O2/c1-27-19-10-5-9-18(20(19)21(22)26)23-11-6-12-24-13-15-25(16-14-24)17-7-3-2-4-8-17/h2-5,7-10,23H,6,11-16H2,1H3,(H2,22,26). The van der Waals surface area contributed by atoms with Gasteiger partial charge in [0.2, 0.25) is 0 Å². The van der Waals surface area contributed by atoms with E-state index in [0.29, 0.717) is 11.3 Å². The Morgan fingerprint density at radius 1 is 1.07 bits per heavy atom. The van der Waals surface area contributed by atoms with Gasteiger partial charge >= 0.3 is 0 Å². The second kappa shape index (κ2) is 9.28. The Morgan fingerprint density at radius 3 is 2.48 bits per heavy atom. The van der Waals surface area contributed by atoms with Gasteiger partial charge in [0.05, 0.1) is 12.8 Å². The summed E-state index contributed by atoms with van der Waals surface area (Å²) in [6, 6.07) is 16.0. The Bertz CT molecular complexity index is 743. The van der Waals surface area contributed by atoms with Crippen molar-refractivity contribution in [2.45, 2.75) is 6.42 Å². The van der Waals surface area contributed by atoms with Crippen molar-refractivity contribution in [3.05, 3.63) is 54.1 Å². The topological polar surface area (TPSA) is 70.8 Å². The van der Waals surface area contributed by atoms with Gasteiger partial charge in [0, 0.05) is 38.4 Å². The second-order valence-electron chi connectivity index (χ2n) is 6.69. The summed E-state index contributed by atoms with van der Waals surface area (Å²) in [4.78, 5) is 16.6. The molecule has 1 fully saturated rings. The van der Waals surface area contributed by atoms with E-state index in [1.54, 1.807) is 13.2 Å². The molecule has 144 valence electrons. The van der Waals surface area contributed by atoms with Crippen molar-refractivity contribution < 1.29 is 9.53 Å². The predicted octanol–water partition coefficient (Wildman–Crippen LogP) is 2.42. The zero-order valence-corrected chi connectivity index (χ0v) is 15.9. The molecule has 0 spiro atoms. The fourth-order valence-electron chi connectivity index (χ4n) is 3.50. The first-order valence-corrected chi connectivity index (χ1v) is 9.42. The van der Waals surface area contributed by atoms with Crippen molar-refractivity contribution in [1.82, 2.24) is 4.90 Å². The maximum atomic E-state index is 11.7. The number of hydrogen-bond donors (Lipinski definition) is 2. The molecule has 0 radical (unpaired) electrons. The van der Waals surface area contributed by atoms with Gasteiger partial charge in [0.15, 0.2) is 0 Å². The van der Waals surface area contributed by atoms with Crippen molar-refractivity contribution >= 4 is 17.3 Å². The highest BCUT2D eigenvalue weighted by Crippen LogP contribution is 2.25. The number of amides is 1. The number of anilines is 2. The van der Waals surface area contributed by atoms with E-state index in [1.807, 2.05) is 12.1 Å². The number of benzene rings is 2. The molecule has 0 bridgehead atoms. The van der Waals surface area contributed by atoms with Crippen LogP contribution in [0.1, 0.15) is 16.8 Å².